The molecule has 1 aromatic rings. The zero-order chi connectivity index (χ0) is 11.3. The number of rotatable bonds is 4. The van der Waals surface area contributed by atoms with Gasteiger partial charge in [0.25, 0.3) is 14.1 Å². The van der Waals surface area contributed by atoms with Crippen LogP contribution in [0.25, 0.3) is 6.08 Å². The van der Waals surface area contributed by atoms with Gasteiger partial charge in [-0.3, -0.25) is 0 Å². The largest absolute Gasteiger partial charge is 0.273 e. The molecule has 0 saturated carbocycles. The van der Waals surface area contributed by atoms with E-state index in [-0.39, 0.29) is 0 Å². The molecular formula is C9H9Cl4Si2. The van der Waals surface area contributed by atoms with Crippen LogP contribution in [-0.2, 0) is 0 Å². The van der Waals surface area contributed by atoms with Gasteiger partial charge < -0.3 is 0 Å². The van der Waals surface area contributed by atoms with E-state index in [0.717, 1.165) is 5.56 Å². The van der Waals surface area contributed by atoms with E-state index >= 15 is 0 Å². The lowest BCUT2D eigenvalue weighted by Crippen LogP contribution is -2.20. The monoisotopic (exact) mass is 313 g/mol. The molecule has 0 bridgehead atoms. The third-order valence-electron chi connectivity index (χ3n) is 1.69. The van der Waals surface area contributed by atoms with E-state index in [1.54, 1.807) is 0 Å². The molecule has 0 N–H and O–H groups in total. The van der Waals surface area contributed by atoms with Crippen molar-refractivity contribution >= 4 is 64.5 Å². The van der Waals surface area contributed by atoms with E-state index in [1.807, 2.05) is 42.1 Å². The lowest BCUT2D eigenvalue weighted by atomic mass is 10.2. The van der Waals surface area contributed by atoms with Crippen molar-refractivity contribution in [3.05, 3.63) is 41.6 Å². The van der Waals surface area contributed by atoms with E-state index in [0.29, 0.717) is 5.67 Å². The molecule has 0 unspecified atom stereocenters. The summed E-state index contributed by atoms with van der Waals surface area (Å²) < 4.78 is 0. The fraction of sp³-hybridized carbons (Fsp3) is 0.111. The summed E-state index contributed by atoms with van der Waals surface area (Å²) in [5.41, 5.74) is 3.46. The minimum atomic E-state index is -2.40. The SMILES string of the molecule is Cl[Si](Cl)C[Si](Cl)(Cl)C=Cc1ccccc1. The van der Waals surface area contributed by atoms with Crippen LogP contribution in [0.5, 0.6) is 0 Å². The molecule has 0 heterocycles. The van der Waals surface area contributed by atoms with Crippen molar-refractivity contribution in [1.82, 2.24) is 0 Å². The molecule has 81 valence electrons. The van der Waals surface area contributed by atoms with Crippen LogP contribution < -0.4 is 0 Å². The predicted octanol–water partition coefficient (Wildman–Crippen LogP) is 4.66. The second-order valence-electron chi connectivity index (χ2n) is 3.02. The Labute approximate surface area is 111 Å². The van der Waals surface area contributed by atoms with E-state index in [1.165, 1.54) is 0 Å². The molecule has 0 saturated heterocycles. The second-order valence-corrected chi connectivity index (χ2v) is 14.9. The van der Waals surface area contributed by atoms with Gasteiger partial charge in [0.05, 0.1) is 0 Å². The van der Waals surface area contributed by atoms with Crippen LogP contribution in [0, 0.1) is 0 Å². The van der Waals surface area contributed by atoms with Crippen LogP contribution in [0.2, 0.25) is 5.67 Å². The highest BCUT2D eigenvalue weighted by Gasteiger charge is 2.29. The van der Waals surface area contributed by atoms with Crippen LogP contribution in [0.4, 0.5) is 0 Å². The van der Waals surface area contributed by atoms with Gasteiger partial charge in [0.1, 0.15) is 0 Å². The fourth-order valence-corrected chi connectivity index (χ4v) is 12.4. The molecule has 0 fully saturated rings. The third-order valence-corrected chi connectivity index (χ3v) is 10.9. The predicted molar refractivity (Wildman–Crippen MR) is 75.2 cm³/mol. The number of halogens is 4. The summed E-state index contributed by atoms with van der Waals surface area (Å²) >= 11 is 23.8. The Hall–Kier alpha value is 0.554. The first-order valence-corrected chi connectivity index (χ1v) is 12.3. The Balaban J connectivity index is 2.64. The van der Waals surface area contributed by atoms with Crippen molar-refractivity contribution < 1.29 is 0 Å². The first-order valence-electron chi connectivity index (χ1n) is 4.28. The van der Waals surface area contributed by atoms with Crippen molar-refractivity contribution in [2.75, 3.05) is 0 Å². The zero-order valence-corrected chi connectivity index (χ0v) is 12.8. The Kier molecular flexibility index (Phi) is 5.75. The first kappa shape index (κ1) is 13.6. The van der Waals surface area contributed by atoms with E-state index in [9.17, 15) is 0 Å². The summed E-state index contributed by atoms with van der Waals surface area (Å²) in [6.07, 6.45) is 1.92. The van der Waals surface area contributed by atoms with Crippen LogP contribution in [0.1, 0.15) is 5.56 Å². The summed E-state index contributed by atoms with van der Waals surface area (Å²) in [4.78, 5) is 0. The summed E-state index contributed by atoms with van der Waals surface area (Å²) in [5.74, 6) is 0. The standard InChI is InChI=1S/C9H9Cl4Si2/c10-14(11)8-15(12,13)7-6-9-4-2-1-3-5-9/h1-7H,8H2. The van der Waals surface area contributed by atoms with Gasteiger partial charge in [-0.1, -0.05) is 42.1 Å². The first-order chi connectivity index (χ1) is 6.99. The highest BCUT2D eigenvalue weighted by molar-refractivity contribution is 7.53. The summed E-state index contributed by atoms with van der Waals surface area (Å²) in [6.45, 7) is -2.40. The van der Waals surface area contributed by atoms with Gasteiger partial charge in [0.2, 0.25) is 0 Å². The summed E-state index contributed by atoms with van der Waals surface area (Å²) in [6, 6.07) is 9.86. The molecule has 0 aliphatic rings. The van der Waals surface area contributed by atoms with Crippen molar-refractivity contribution in [2.45, 2.75) is 5.67 Å². The van der Waals surface area contributed by atoms with Gasteiger partial charge in [-0.15, -0.1) is 44.3 Å². The van der Waals surface area contributed by atoms with Gasteiger partial charge in [0.15, 0.2) is 0 Å². The van der Waals surface area contributed by atoms with E-state index < -0.39 is 14.1 Å². The molecule has 0 amide bonds. The lowest BCUT2D eigenvalue weighted by molar-refractivity contribution is 1.66. The normalized spacial score (nSPS) is 12.6. The van der Waals surface area contributed by atoms with Gasteiger partial charge in [-0.2, -0.15) is 0 Å². The second kappa shape index (κ2) is 6.33. The topological polar surface area (TPSA) is 0 Å². The maximum absolute atomic E-state index is 6.16. The van der Waals surface area contributed by atoms with Crippen LogP contribution in [-0.4, -0.2) is 14.1 Å². The maximum atomic E-state index is 6.16. The van der Waals surface area contributed by atoms with Crippen LogP contribution in [0.3, 0.4) is 0 Å². The molecule has 0 spiro atoms. The molecule has 1 rings (SSSR count). The fourth-order valence-electron chi connectivity index (χ4n) is 1.02. The quantitative estimate of drug-likeness (QED) is 0.560. The highest BCUT2D eigenvalue weighted by Crippen LogP contribution is 2.26. The third kappa shape index (κ3) is 6.00. The molecular weight excluding hydrogens is 306 g/mol. The molecule has 15 heavy (non-hydrogen) atoms. The van der Waals surface area contributed by atoms with Gasteiger partial charge in [-0.05, 0) is 11.2 Å². The Bertz CT molecular complexity index is 324. The Morgan fingerprint density at radius 2 is 1.73 bits per heavy atom. The van der Waals surface area contributed by atoms with Gasteiger partial charge in [0, 0.05) is 0 Å². The average Bonchev–Trinajstić information content (AvgIpc) is 2.15. The van der Waals surface area contributed by atoms with Crippen LogP contribution in [0.15, 0.2) is 36.0 Å². The van der Waals surface area contributed by atoms with Crippen molar-refractivity contribution in [1.29, 1.82) is 0 Å². The molecule has 0 aromatic heterocycles. The minimum Gasteiger partial charge on any atom is -0.147 e. The Morgan fingerprint density at radius 3 is 2.27 bits per heavy atom. The number of hydrogen-bond acceptors (Lipinski definition) is 0. The molecule has 0 atom stereocenters. The van der Waals surface area contributed by atoms with Crippen molar-refractivity contribution in [3.8, 4) is 0 Å². The number of benzene rings is 1. The molecule has 0 nitrogen and oxygen atoms in total. The highest BCUT2D eigenvalue weighted by atomic mass is 35.7. The maximum Gasteiger partial charge on any atom is 0.273 e. The van der Waals surface area contributed by atoms with E-state index in [2.05, 4.69) is 0 Å². The smallest absolute Gasteiger partial charge is 0.147 e. The van der Waals surface area contributed by atoms with E-state index in [4.69, 9.17) is 44.3 Å². The summed E-state index contributed by atoms with van der Waals surface area (Å²) in [7, 11) is -1.40. The molecule has 1 aromatic carbocycles. The lowest BCUT2D eigenvalue weighted by Gasteiger charge is -2.10. The molecule has 6 heteroatoms. The molecule has 0 aliphatic heterocycles. The van der Waals surface area contributed by atoms with Gasteiger partial charge in [-0.25, -0.2) is 0 Å². The zero-order valence-electron chi connectivity index (χ0n) is 7.76. The molecule has 1 radical (unpaired) electrons. The minimum absolute atomic E-state index is 0.535. The summed E-state index contributed by atoms with van der Waals surface area (Å²) in [5, 5.41) is 0. The average molecular weight is 315 g/mol. The Morgan fingerprint density at radius 1 is 1.13 bits per heavy atom. The van der Waals surface area contributed by atoms with Gasteiger partial charge >= 0.3 is 0 Å². The number of hydrogen-bond donors (Lipinski definition) is 0. The van der Waals surface area contributed by atoms with Crippen molar-refractivity contribution in [2.24, 2.45) is 0 Å². The van der Waals surface area contributed by atoms with Crippen LogP contribution >= 0.6 is 44.3 Å². The molecule has 0 aliphatic carbocycles. The van der Waals surface area contributed by atoms with Crippen molar-refractivity contribution in [3.63, 3.8) is 0 Å².